The molecule has 0 atom stereocenters. The van der Waals surface area contributed by atoms with Gasteiger partial charge in [-0.15, -0.1) is 0 Å². The molecule has 0 aromatic carbocycles. The summed E-state index contributed by atoms with van der Waals surface area (Å²) in [6, 6.07) is 2.20. The van der Waals surface area contributed by atoms with E-state index in [1.54, 1.807) is 13.1 Å². The van der Waals surface area contributed by atoms with Crippen LogP contribution < -0.4 is 10.2 Å². The second-order valence-corrected chi connectivity index (χ2v) is 9.00. The number of piperidine rings is 1. The van der Waals surface area contributed by atoms with Gasteiger partial charge in [0.05, 0.1) is 17.8 Å². The molecule has 0 spiro atoms. The van der Waals surface area contributed by atoms with Crippen LogP contribution in [0.5, 0.6) is 0 Å². The first-order valence-corrected chi connectivity index (χ1v) is 11.4. The summed E-state index contributed by atoms with van der Waals surface area (Å²) in [5.74, 6) is 1.48. The van der Waals surface area contributed by atoms with Crippen LogP contribution in [0.25, 0.3) is 5.65 Å². The van der Waals surface area contributed by atoms with Crippen molar-refractivity contribution in [2.45, 2.75) is 38.6 Å². The topological polar surface area (TPSA) is 86.1 Å². The first-order valence-electron chi connectivity index (χ1n) is 11.4. The lowest BCUT2D eigenvalue weighted by atomic mass is 9.94. The molecule has 9 heteroatoms. The number of carbonyl (C=O) groups is 2. The van der Waals surface area contributed by atoms with E-state index in [4.69, 9.17) is 4.98 Å². The number of likely N-dealkylation sites (tertiary alicyclic amines) is 1. The number of nitrogens with zero attached hydrogens (tertiary/aromatic N) is 6. The van der Waals surface area contributed by atoms with Gasteiger partial charge < -0.3 is 20.0 Å². The zero-order valence-electron chi connectivity index (χ0n) is 18.4. The molecule has 0 aliphatic carbocycles. The molecule has 2 aromatic heterocycles. The van der Waals surface area contributed by atoms with Gasteiger partial charge in [-0.2, -0.15) is 9.61 Å². The van der Waals surface area contributed by atoms with E-state index in [1.165, 1.54) is 5.56 Å². The Balaban J connectivity index is 1.27. The highest BCUT2D eigenvalue weighted by molar-refractivity contribution is 5.82. The van der Waals surface area contributed by atoms with Gasteiger partial charge >= 0.3 is 0 Å². The number of nitrogens with one attached hydrogen (secondary N) is 1. The van der Waals surface area contributed by atoms with E-state index in [1.807, 2.05) is 27.4 Å². The third kappa shape index (κ3) is 3.64. The Kier molecular flexibility index (Phi) is 5.29. The van der Waals surface area contributed by atoms with Crippen molar-refractivity contribution in [2.75, 3.05) is 51.2 Å². The Morgan fingerprint density at radius 1 is 1.16 bits per heavy atom. The molecule has 3 aliphatic heterocycles. The predicted molar refractivity (Wildman–Crippen MR) is 117 cm³/mol. The maximum absolute atomic E-state index is 13.1. The first kappa shape index (κ1) is 20.2. The lowest BCUT2D eigenvalue weighted by Crippen LogP contribution is -2.57. The SMILES string of the molecule is CC(=O)N(C)C1CCN(C(=O)C2CN(c3c4c(nc5ccnn35)CCNCC4)C2)CC1. The maximum Gasteiger partial charge on any atom is 0.229 e. The molecule has 2 fully saturated rings. The number of rotatable bonds is 3. The minimum absolute atomic E-state index is 0.0282. The van der Waals surface area contributed by atoms with Crippen LogP contribution in [0.15, 0.2) is 12.3 Å². The van der Waals surface area contributed by atoms with Crippen LogP contribution in [0.4, 0.5) is 5.82 Å². The van der Waals surface area contributed by atoms with Crippen molar-refractivity contribution in [1.29, 1.82) is 0 Å². The number of amides is 2. The Morgan fingerprint density at radius 2 is 1.90 bits per heavy atom. The van der Waals surface area contributed by atoms with Gasteiger partial charge in [-0.3, -0.25) is 9.59 Å². The molecule has 2 aromatic rings. The van der Waals surface area contributed by atoms with Crippen molar-refractivity contribution >= 4 is 23.3 Å². The van der Waals surface area contributed by atoms with Crippen LogP contribution in [0.3, 0.4) is 0 Å². The zero-order chi connectivity index (χ0) is 21.5. The van der Waals surface area contributed by atoms with E-state index in [0.29, 0.717) is 0 Å². The van der Waals surface area contributed by atoms with Crippen LogP contribution in [0.2, 0.25) is 0 Å². The van der Waals surface area contributed by atoms with Gasteiger partial charge in [0.2, 0.25) is 11.8 Å². The number of aromatic nitrogens is 3. The quantitative estimate of drug-likeness (QED) is 0.763. The van der Waals surface area contributed by atoms with Crippen molar-refractivity contribution in [3.05, 3.63) is 23.5 Å². The third-order valence-corrected chi connectivity index (χ3v) is 7.13. The van der Waals surface area contributed by atoms with E-state index < -0.39 is 0 Å². The molecule has 166 valence electrons. The van der Waals surface area contributed by atoms with Crippen LogP contribution >= 0.6 is 0 Å². The summed E-state index contributed by atoms with van der Waals surface area (Å²) in [7, 11) is 1.86. The molecule has 3 aliphatic rings. The smallest absolute Gasteiger partial charge is 0.229 e. The monoisotopic (exact) mass is 425 g/mol. The van der Waals surface area contributed by atoms with E-state index in [9.17, 15) is 9.59 Å². The second kappa shape index (κ2) is 8.11. The molecule has 5 rings (SSSR count). The van der Waals surface area contributed by atoms with Crippen LogP contribution in [0, 0.1) is 5.92 Å². The van der Waals surface area contributed by atoms with E-state index in [2.05, 4.69) is 15.3 Å². The van der Waals surface area contributed by atoms with Gasteiger partial charge in [0, 0.05) is 70.8 Å². The molecule has 1 N–H and O–H groups in total. The lowest BCUT2D eigenvalue weighted by molar-refractivity contribution is -0.138. The Labute approximate surface area is 182 Å². The Hall–Kier alpha value is -2.68. The molecule has 0 unspecified atom stereocenters. The molecular formula is C22H31N7O2. The van der Waals surface area contributed by atoms with Gasteiger partial charge in [0.25, 0.3) is 0 Å². The number of anilines is 1. The van der Waals surface area contributed by atoms with E-state index in [0.717, 1.165) is 82.1 Å². The largest absolute Gasteiger partial charge is 0.354 e. The van der Waals surface area contributed by atoms with E-state index in [-0.39, 0.29) is 23.8 Å². The number of hydrogen-bond donors (Lipinski definition) is 1. The van der Waals surface area contributed by atoms with Crippen LogP contribution in [-0.4, -0.2) is 88.6 Å². The number of fused-ring (bicyclic) bond motifs is 2. The zero-order valence-corrected chi connectivity index (χ0v) is 18.4. The molecule has 9 nitrogen and oxygen atoms in total. The molecule has 0 saturated carbocycles. The minimum atomic E-state index is 0.0282. The molecule has 0 radical (unpaired) electrons. The normalized spacial score (nSPS) is 20.3. The fourth-order valence-corrected chi connectivity index (χ4v) is 5.14. The maximum atomic E-state index is 13.1. The Bertz CT molecular complexity index is 989. The summed E-state index contributed by atoms with van der Waals surface area (Å²) in [6.45, 7) is 6.41. The molecule has 31 heavy (non-hydrogen) atoms. The molecular weight excluding hydrogens is 394 g/mol. The first-order chi connectivity index (χ1) is 15.0. The highest BCUT2D eigenvalue weighted by atomic mass is 16.2. The van der Waals surface area contributed by atoms with E-state index >= 15 is 0 Å². The van der Waals surface area contributed by atoms with Crippen molar-refractivity contribution in [1.82, 2.24) is 29.7 Å². The third-order valence-electron chi connectivity index (χ3n) is 7.13. The highest BCUT2D eigenvalue weighted by Gasteiger charge is 2.39. The van der Waals surface area contributed by atoms with Crippen molar-refractivity contribution < 1.29 is 9.59 Å². The predicted octanol–water partition coefficient (Wildman–Crippen LogP) is 0.323. The van der Waals surface area contributed by atoms with Crippen molar-refractivity contribution in [2.24, 2.45) is 5.92 Å². The van der Waals surface area contributed by atoms with Crippen molar-refractivity contribution in [3.63, 3.8) is 0 Å². The summed E-state index contributed by atoms with van der Waals surface area (Å²) in [6.07, 6.45) is 5.37. The second-order valence-electron chi connectivity index (χ2n) is 9.00. The number of hydrogen-bond acceptors (Lipinski definition) is 6. The van der Waals surface area contributed by atoms with Gasteiger partial charge in [-0.05, 0) is 25.8 Å². The summed E-state index contributed by atoms with van der Waals surface area (Å²) >= 11 is 0. The van der Waals surface area contributed by atoms with Crippen LogP contribution in [0.1, 0.15) is 31.0 Å². The lowest BCUT2D eigenvalue weighted by Gasteiger charge is -2.44. The average molecular weight is 426 g/mol. The molecule has 2 saturated heterocycles. The summed E-state index contributed by atoms with van der Waals surface area (Å²) in [4.78, 5) is 35.6. The summed E-state index contributed by atoms with van der Waals surface area (Å²) < 4.78 is 1.94. The van der Waals surface area contributed by atoms with Crippen molar-refractivity contribution in [3.8, 4) is 0 Å². The highest BCUT2D eigenvalue weighted by Crippen LogP contribution is 2.32. The van der Waals surface area contributed by atoms with Gasteiger partial charge in [0.15, 0.2) is 5.65 Å². The summed E-state index contributed by atoms with van der Waals surface area (Å²) in [5, 5.41) is 7.98. The molecule has 2 amide bonds. The van der Waals surface area contributed by atoms with Crippen LogP contribution in [-0.2, 0) is 22.4 Å². The fraction of sp³-hybridized carbons (Fsp3) is 0.636. The van der Waals surface area contributed by atoms with Gasteiger partial charge in [-0.1, -0.05) is 0 Å². The Morgan fingerprint density at radius 3 is 2.65 bits per heavy atom. The standard InChI is InChI=1S/C22H31N7O2/c1-15(30)26(2)17-6-11-27(12-7-17)22(31)16-13-28(14-16)21-18-3-8-23-9-4-19(18)25-20-5-10-24-29(20)21/h5,10,16-17,23H,3-4,6-9,11-14H2,1-2H3. The summed E-state index contributed by atoms with van der Waals surface area (Å²) in [5.41, 5.74) is 3.29. The molecule has 5 heterocycles. The average Bonchev–Trinajstić information content (AvgIpc) is 3.08. The van der Waals surface area contributed by atoms with Gasteiger partial charge in [0.1, 0.15) is 5.82 Å². The van der Waals surface area contributed by atoms with Gasteiger partial charge in [-0.25, -0.2) is 4.98 Å². The fourth-order valence-electron chi connectivity index (χ4n) is 5.14. The number of carbonyl (C=O) groups excluding carboxylic acids is 2. The minimum Gasteiger partial charge on any atom is -0.354 e. The molecule has 0 bridgehead atoms.